The van der Waals surface area contributed by atoms with Crippen molar-refractivity contribution >= 4 is 15.4 Å². The lowest BCUT2D eigenvalue weighted by atomic mass is 10.1. The third-order valence-corrected chi connectivity index (χ3v) is 5.89. The van der Waals surface area contributed by atoms with Crippen LogP contribution in [-0.2, 0) is 21.2 Å². The highest BCUT2D eigenvalue weighted by atomic mass is 32.2. The number of sulfone groups is 1. The lowest BCUT2D eigenvalue weighted by Gasteiger charge is -2.10. The largest absolute Gasteiger partial charge is 0.389 e. The number of hydrogen-bond acceptors (Lipinski definition) is 6. The van der Waals surface area contributed by atoms with E-state index in [1.54, 1.807) is 10.6 Å². The number of fused-ring (bicyclic) bond motifs is 1. The van der Waals surface area contributed by atoms with E-state index in [4.69, 9.17) is 4.74 Å². The van der Waals surface area contributed by atoms with E-state index in [0.29, 0.717) is 25.2 Å². The summed E-state index contributed by atoms with van der Waals surface area (Å²) in [5.74, 6) is -0.0739. The number of aliphatic hydroxyl groups is 1. The molecule has 1 aromatic carbocycles. The van der Waals surface area contributed by atoms with Crippen LogP contribution in [0.5, 0.6) is 0 Å². The van der Waals surface area contributed by atoms with Crippen molar-refractivity contribution in [1.29, 1.82) is 0 Å². The highest BCUT2D eigenvalue weighted by Gasteiger charge is 2.28. The van der Waals surface area contributed by atoms with Crippen LogP contribution < -0.4 is 0 Å². The summed E-state index contributed by atoms with van der Waals surface area (Å²) in [6.07, 6.45) is 4.27. The second-order valence-electron chi connectivity index (χ2n) is 6.97. The molecule has 3 aromatic rings. The molecule has 28 heavy (non-hydrogen) atoms. The van der Waals surface area contributed by atoms with Crippen LogP contribution in [-0.4, -0.2) is 47.1 Å². The number of aliphatic hydroxyl groups excluding tert-OH is 1. The van der Waals surface area contributed by atoms with Crippen LogP contribution in [0.2, 0.25) is 0 Å². The molecule has 0 unspecified atom stereocenters. The zero-order valence-corrected chi connectivity index (χ0v) is 16.2. The van der Waals surface area contributed by atoms with E-state index < -0.39 is 15.9 Å². The first-order valence-electron chi connectivity index (χ1n) is 8.96. The third kappa shape index (κ3) is 3.71. The molecule has 0 fully saturated rings. The molecule has 1 aliphatic rings. The Kier molecular flexibility index (Phi) is 5.01. The van der Waals surface area contributed by atoms with E-state index in [9.17, 15) is 13.5 Å². The lowest BCUT2D eigenvalue weighted by Crippen LogP contribution is -2.12. The van der Waals surface area contributed by atoms with Crippen molar-refractivity contribution in [3.8, 4) is 0 Å². The van der Waals surface area contributed by atoms with Crippen LogP contribution in [0.4, 0.5) is 0 Å². The number of allylic oxidation sites excluding steroid dienone is 1. The van der Waals surface area contributed by atoms with E-state index >= 15 is 0 Å². The normalized spacial score (nSPS) is 19.9. The summed E-state index contributed by atoms with van der Waals surface area (Å²) in [7, 11) is -3.46. The van der Waals surface area contributed by atoms with Crippen molar-refractivity contribution < 1.29 is 18.3 Å². The maximum Gasteiger partial charge on any atom is 0.195 e. The second-order valence-corrected chi connectivity index (χ2v) is 8.90. The van der Waals surface area contributed by atoms with Crippen LogP contribution in [0, 0.1) is 0 Å². The van der Waals surface area contributed by atoms with Gasteiger partial charge in [0.05, 0.1) is 19.3 Å². The average Bonchev–Trinajstić information content (AvgIpc) is 3.25. The molecule has 0 spiro atoms. The predicted molar refractivity (Wildman–Crippen MR) is 104 cm³/mol. The van der Waals surface area contributed by atoms with Crippen LogP contribution in [0.3, 0.4) is 0 Å². The van der Waals surface area contributed by atoms with Gasteiger partial charge in [-0.3, -0.25) is 0 Å². The lowest BCUT2D eigenvalue weighted by molar-refractivity contribution is 0.118. The molecular weight excluding hydrogens is 378 g/mol. The Hall–Kier alpha value is -2.55. The van der Waals surface area contributed by atoms with E-state index in [1.807, 2.05) is 42.5 Å². The van der Waals surface area contributed by atoms with Crippen molar-refractivity contribution in [2.75, 3.05) is 12.9 Å². The molecule has 7 nitrogen and oxygen atoms in total. The number of hydrogen-bond donors (Lipinski definition) is 1. The zero-order chi connectivity index (χ0) is 19.7. The maximum atomic E-state index is 11.9. The van der Waals surface area contributed by atoms with Gasteiger partial charge in [-0.2, -0.15) is 5.10 Å². The molecule has 0 amide bonds. The fourth-order valence-electron chi connectivity index (χ4n) is 3.54. The van der Waals surface area contributed by atoms with Crippen LogP contribution in [0.25, 0.3) is 5.52 Å². The van der Waals surface area contributed by atoms with Gasteiger partial charge in [0.25, 0.3) is 0 Å². The van der Waals surface area contributed by atoms with Gasteiger partial charge in [-0.1, -0.05) is 36.4 Å². The van der Waals surface area contributed by atoms with Crippen LogP contribution >= 0.6 is 0 Å². The van der Waals surface area contributed by atoms with Crippen molar-refractivity contribution in [3.05, 3.63) is 71.7 Å². The number of nitrogens with zero attached hydrogens (tertiary/aromatic N) is 3. The Bertz CT molecular complexity index is 1120. The van der Waals surface area contributed by atoms with E-state index in [2.05, 4.69) is 10.1 Å². The number of benzene rings is 1. The van der Waals surface area contributed by atoms with E-state index in [-0.39, 0.29) is 10.9 Å². The first-order chi connectivity index (χ1) is 13.4. The molecule has 2 atom stereocenters. The summed E-state index contributed by atoms with van der Waals surface area (Å²) in [6.45, 7) is 0.827. The minimum atomic E-state index is -3.46. The number of aromatic nitrogens is 3. The van der Waals surface area contributed by atoms with Gasteiger partial charge in [-0.25, -0.2) is 17.9 Å². The molecule has 2 aromatic heterocycles. The SMILES string of the molecule is CS(=O)(=O)c1ncnn2c([C@@H]3C=C(COCc4ccccc4)[C@H](O)C3)ccc12. The van der Waals surface area contributed by atoms with Gasteiger partial charge in [0.2, 0.25) is 0 Å². The molecular formula is C20H21N3O4S. The first kappa shape index (κ1) is 18.8. The first-order valence-corrected chi connectivity index (χ1v) is 10.9. The highest BCUT2D eigenvalue weighted by Crippen LogP contribution is 2.34. The van der Waals surface area contributed by atoms with Gasteiger partial charge < -0.3 is 9.84 Å². The van der Waals surface area contributed by atoms with Crippen molar-refractivity contribution in [2.24, 2.45) is 0 Å². The summed E-state index contributed by atoms with van der Waals surface area (Å²) in [4.78, 5) is 3.91. The average molecular weight is 399 g/mol. The summed E-state index contributed by atoms with van der Waals surface area (Å²) < 4.78 is 31.2. The molecule has 0 aliphatic heterocycles. The van der Waals surface area contributed by atoms with Crippen molar-refractivity contribution in [3.63, 3.8) is 0 Å². The van der Waals surface area contributed by atoms with Gasteiger partial charge in [0.1, 0.15) is 11.8 Å². The fourth-order valence-corrected chi connectivity index (χ4v) is 4.31. The molecule has 0 saturated carbocycles. The van der Waals surface area contributed by atoms with Crippen molar-refractivity contribution in [1.82, 2.24) is 14.6 Å². The summed E-state index contributed by atoms with van der Waals surface area (Å²) in [5, 5.41) is 14.6. The summed E-state index contributed by atoms with van der Waals surface area (Å²) in [6, 6.07) is 13.4. The Labute approximate surface area is 163 Å². The van der Waals surface area contributed by atoms with Gasteiger partial charge >= 0.3 is 0 Å². The van der Waals surface area contributed by atoms with Gasteiger partial charge in [0, 0.05) is 17.9 Å². The number of rotatable bonds is 6. The molecule has 146 valence electrons. The molecule has 8 heteroatoms. The molecule has 0 radical (unpaired) electrons. The Morgan fingerprint density at radius 3 is 2.71 bits per heavy atom. The smallest absolute Gasteiger partial charge is 0.195 e. The van der Waals surface area contributed by atoms with E-state index in [0.717, 1.165) is 23.1 Å². The Morgan fingerprint density at radius 2 is 1.96 bits per heavy atom. The zero-order valence-electron chi connectivity index (χ0n) is 15.4. The molecule has 2 heterocycles. The topological polar surface area (TPSA) is 93.8 Å². The minimum absolute atomic E-state index is 0.00249. The summed E-state index contributed by atoms with van der Waals surface area (Å²) >= 11 is 0. The molecule has 4 rings (SSSR count). The predicted octanol–water partition coefficient (Wildman–Crippen LogP) is 2.12. The highest BCUT2D eigenvalue weighted by molar-refractivity contribution is 7.90. The Morgan fingerprint density at radius 1 is 1.18 bits per heavy atom. The second kappa shape index (κ2) is 7.46. The molecule has 1 N–H and O–H groups in total. The third-order valence-electron chi connectivity index (χ3n) is 4.88. The monoisotopic (exact) mass is 399 g/mol. The van der Waals surface area contributed by atoms with E-state index in [1.165, 1.54) is 6.33 Å². The molecule has 0 saturated heterocycles. The summed E-state index contributed by atoms with van der Waals surface area (Å²) in [5.41, 5.74) is 3.17. The quantitative estimate of drug-likeness (QED) is 0.638. The fraction of sp³-hybridized carbons (Fsp3) is 0.300. The van der Waals surface area contributed by atoms with Gasteiger partial charge in [0.15, 0.2) is 14.9 Å². The standard InChI is InChI=1S/C20H21N3O4S/c1-28(25,26)20-18-8-7-17(23(18)22-13-21-20)15-9-16(19(24)10-15)12-27-11-14-5-3-2-4-6-14/h2-9,13,15,19,24H,10-12H2,1H3/t15-,19-/m1/s1. The maximum absolute atomic E-state index is 11.9. The molecule has 1 aliphatic carbocycles. The van der Waals surface area contributed by atoms with Gasteiger partial charge in [-0.15, -0.1) is 0 Å². The van der Waals surface area contributed by atoms with Crippen LogP contribution in [0.1, 0.15) is 23.6 Å². The minimum Gasteiger partial charge on any atom is -0.389 e. The molecule has 0 bridgehead atoms. The van der Waals surface area contributed by atoms with Crippen LogP contribution in [0.15, 0.2) is 65.5 Å². The van der Waals surface area contributed by atoms with Crippen molar-refractivity contribution in [2.45, 2.75) is 30.1 Å². The number of ether oxygens (including phenoxy) is 1. The Balaban J connectivity index is 1.54. The van der Waals surface area contributed by atoms with Gasteiger partial charge in [-0.05, 0) is 29.7 Å².